The highest BCUT2D eigenvalue weighted by atomic mass is 16.7. The number of fused-ring (bicyclic) bond motifs is 3. The first kappa shape index (κ1) is 13.9. The molecule has 5 rings (SSSR count). The van der Waals surface area contributed by atoms with Gasteiger partial charge < -0.3 is 9.47 Å². The van der Waals surface area contributed by atoms with Crippen LogP contribution in [0.15, 0.2) is 47.3 Å². The van der Waals surface area contributed by atoms with Crippen LogP contribution in [0.5, 0.6) is 11.5 Å². The van der Waals surface area contributed by atoms with Gasteiger partial charge in [0, 0.05) is 18.4 Å². The molecule has 25 heavy (non-hydrogen) atoms. The van der Waals surface area contributed by atoms with Crippen LogP contribution in [0.4, 0.5) is 5.69 Å². The number of anilines is 1. The quantitative estimate of drug-likeness (QED) is 0.685. The molecule has 0 spiro atoms. The zero-order chi connectivity index (χ0) is 17.0. The molecule has 6 heteroatoms. The minimum absolute atomic E-state index is 0.130. The first-order chi connectivity index (χ1) is 12.3. The Kier molecular flexibility index (Phi) is 2.80. The lowest BCUT2D eigenvalue weighted by Gasteiger charge is -2.22. The molecule has 0 atom stereocenters. The molecule has 0 N–H and O–H groups in total. The van der Waals surface area contributed by atoms with E-state index in [2.05, 4.69) is 6.07 Å². The first-order valence-electron chi connectivity index (χ1n) is 8.02. The summed E-state index contributed by atoms with van der Waals surface area (Å²) in [4.78, 5) is 13.2. The molecule has 3 heterocycles. The molecule has 122 valence electrons. The van der Waals surface area contributed by atoms with Crippen molar-refractivity contribution in [1.29, 1.82) is 5.26 Å². The van der Waals surface area contributed by atoms with Crippen LogP contribution in [-0.2, 0) is 6.42 Å². The summed E-state index contributed by atoms with van der Waals surface area (Å²) in [5.41, 5.74) is 2.03. The highest BCUT2D eigenvalue weighted by Crippen LogP contribution is 2.37. The molecule has 0 bridgehead atoms. The van der Waals surface area contributed by atoms with Gasteiger partial charge in [0.2, 0.25) is 6.79 Å². The smallest absolute Gasteiger partial charge is 0.277 e. The minimum Gasteiger partial charge on any atom is -0.454 e. The fourth-order valence-electron chi connectivity index (χ4n) is 3.59. The Morgan fingerprint density at radius 2 is 1.76 bits per heavy atom. The molecule has 0 aliphatic carbocycles. The average molecular weight is 331 g/mol. The maximum atomic E-state index is 13.2. The van der Waals surface area contributed by atoms with Gasteiger partial charge in [-0.2, -0.15) is 5.26 Å². The van der Waals surface area contributed by atoms with Gasteiger partial charge in [-0.1, -0.05) is 18.2 Å². The summed E-state index contributed by atoms with van der Waals surface area (Å²) in [6.07, 6.45) is 0.636. The van der Waals surface area contributed by atoms with E-state index in [1.54, 1.807) is 16.8 Å². The zero-order valence-corrected chi connectivity index (χ0v) is 13.2. The Morgan fingerprint density at radius 3 is 2.48 bits per heavy atom. The lowest BCUT2D eigenvalue weighted by Crippen LogP contribution is -2.35. The number of nitrogens with zero attached hydrogens (tertiary/aromatic N) is 3. The Hall–Kier alpha value is -3.46. The van der Waals surface area contributed by atoms with Gasteiger partial charge in [-0.05, 0) is 24.3 Å². The van der Waals surface area contributed by atoms with E-state index in [4.69, 9.17) is 9.47 Å². The molecule has 0 amide bonds. The van der Waals surface area contributed by atoms with Crippen molar-refractivity contribution < 1.29 is 9.47 Å². The van der Waals surface area contributed by atoms with E-state index < -0.39 is 0 Å². The van der Waals surface area contributed by atoms with Gasteiger partial charge >= 0.3 is 0 Å². The third kappa shape index (κ3) is 1.86. The fourth-order valence-corrected chi connectivity index (χ4v) is 3.59. The van der Waals surface area contributed by atoms with Gasteiger partial charge in [0.05, 0.1) is 22.3 Å². The Labute approximate surface area is 143 Å². The minimum atomic E-state index is -0.149. The highest BCUT2D eigenvalue weighted by molar-refractivity contribution is 5.91. The number of aromatic nitrogens is 1. The molecular formula is C19H13N3O3. The van der Waals surface area contributed by atoms with Crippen LogP contribution in [-0.4, -0.2) is 18.0 Å². The van der Waals surface area contributed by atoms with Gasteiger partial charge in [0.25, 0.3) is 5.56 Å². The number of benzene rings is 2. The van der Waals surface area contributed by atoms with Crippen molar-refractivity contribution in [1.82, 2.24) is 4.68 Å². The normalized spacial score (nSPS) is 14.6. The number of hydrogen-bond acceptors (Lipinski definition) is 5. The number of para-hydroxylation sites is 1. The highest BCUT2D eigenvalue weighted by Gasteiger charge is 2.28. The van der Waals surface area contributed by atoms with Crippen molar-refractivity contribution in [2.75, 3.05) is 18.3 Å². The second-order valence-electron chi connectivity index (χ2n) is 6.01. The molecule has 1 aromatic heterocycles. The molecule has 2 aromatic carbocycles. The fraction of sp³-hybridized carbons (Fsp3) is 0.158. The van der Waals surface area contributed by atoms with Crippen molar-refractivity contribution >= 4 is 16.5 Å². The van der Waals surface area contributed by atoms with Gasteiger partial charge in [-0.25, -0.2) is 4.68 Å². The monoisotopic (exact) mass is 331 g/mol. The van der Waals surface area contributed by atoms with Crippen molar-refractivity contribution in [2.45, 2.75) is 6.42 Å². The standard InChI is InChI=1S/C19H13N3O3/c20-10-15-13-8-17-18(25-11-24-17)9-14(13)19(23)22-16(15)6-7-21(22)12-4-2-1-3-5-12/h1-5,8-9H,6-7,11H2. The molecule has 3 aromatic rings. The van der Waals surface area contributed by atoms with Crippen LogP contribution < -0.4 is 20.0 Å². The summed E-state index contributed by atoms with van der Waals surface area (Å²) in [5.74, 6) is 1.12. The van der Waals surface area contributed by atoms with E-state index in [1.165, 1.54) is 0 Å². The molecule has 0 fully saturated rings. The first-order valence-corrected chi connectivity index (χ1v) is 8.02. The molecule has 0 unspecified atom stereocenters. The van der Waals surface area contributed by atoms with Crippen molar-refractivity contribution in [2.24, 2.45) is 0 Å². The number of pyridine rings is 1. The lowest BCUT2D eigenvalue weighted by atomic mass is 10.0. The van der Waals surface area contributed by atoms with E-state index in [-0.39, 0.29) is 12.4 Å². The number of rotatable bonds is 1. The van der Waals surface area contributed by atoms with Crippen molar-refractivity contribution in [3.8, 4) is 17.6 Å². The summed E-state index contributed by atoms with van der Waals surface area (Å²) in [5, 5.41) is 12.7. The van der Waals surface area contributed by atoms with E-state index in [9.17, 15) is 10.1 Å². The van der Waals surface area contributed by atoms with E-state index in [1.807, 2.05) is 35.3 Å². The summed E-state index contributed by atoms with van der Waals surface area (Å²) in [6.45, 7) is 0.779. The van der Waals surface area contributed by atoms with Crippen LogP contribution in [0, 0.1) is 11.3 Å². The third-order valence-corrected chi connectivity index (χ3v) is 4.72. The number of hydrogen-bond donors (Lipinski definition) is 0. The SMILES string of the molecule is N#Cc1c2n(c(=O)c3cc4c(cc13)OCO4)N(c1ccccc1)CC2. The molecule has 0 saturated heterocycles. The topological polar surface area (TPSA) is 67.5 Å². The Morgan fingerprint density at radius 1 is 1.04 bits per heavy atom. The summed E-state index contributed by atoms with van der Waals surface area (Å²) in [6, 6.07) is 15.4. The van der Waals surface area contributed by atoms with Crippen LogP contribution in [0.1, 0.15) is 11.3 Å². The van der Waals surface area contributed by atoms with Gasteiger partial charge in [-0.3, -0.25) is 9.80 Å². The van der Waals surface area contributed by atoms with Crippen molar-refractivity contribution in [3.05, 3.63) is 64.1 Å². The Balaban J connectivity index is 1.84. The predicted molar refractivity (Wildman–Crippen MR) is 91.9 cm³/mol. The maximum Gasteiger partial charge on any atom is 0.277 e. The van der Waals surface area contributed by atoms with Crippen molar-refractivity contribution in [3.63, 3.8) is 0 Å². The predicted octanol–water partition coefficient (Wildman–Crippen LogP) is 2.43. The molecule has 2 aliphatic heterocycles. The van der Waals surface area contributed by atoms with Gasteiger partial charge in [-0.15, -0.1) is 0 Å². The second-order valence-corrected chi connectivity index (χ2v) is 6.01. The van der Waals surface area contributed by atoms with Gasteiger partial charge in [0.1, 0.15) is 6.07 Å². The van der Waals surface area contributed by atoms with E-state index >= 15 is 0 Å². The number of ether oxygens (including phenoxy) is 2. The molecule has 6 nitrogen and oxygen atoms in total. The lowest BCUT2D eigenvalue weighted by molar-refractivity contribution is 0.174. The van der Waals surface area contributed by atoms with Crippen LogP contribution in [0.2, 0.25) is 0 Å². The zero-order valence-electron chi connectivity index (χ0n) is 13.2. The largest absolute Gasteiger partial charge is 0.454 e. The molecule has 0 saturated carbocycles. The van der Waals surface area contributed by atoms with Crippen LogP contribution in [0.25, 0.3) is 10.8 Å². The average Bonchev–Trinajstić information content (AvgIpc) is 3.28. The summed E-state index contributed by atoms with van der Waals surface area (Å²) < 4.78 is 12.4. The van der Waals surface area contributed by atoms with E-state index in [0.717, 1.165) is 11.4 Å². The van der Waals surface area contributed by atoms with Gasteiger partial charge in [0.15, 0.2) is 11.5 Å². The Bertz CT molecular complexity index is 1110. The van der Waals surface area contributed by atoms with Crippen LogP contribution >= 0.6 is 0 Å². The molecule has 0 radical (unpaired) electrons. The summed E-state index contributed by atoms with van der Waals surface area (Å²) >= 11 is 0. The molecule has 2 aliphatic rings. The van der Waals surface area contributed by atoms with Crippen LogP contribution in [0.3, 0.4) is 0 Å². The summed E-state index contributed by atoms with van der Waals surface area (Å²) in [7, 11) is 0. The number of nitriles is 1. The second kappa shape index (κ2) is 5.02. The third-order valence-electron chi connectivity index (χ3n) is 4.72. The molecular weight excluding hydrogens is 318 g/mol. The maximum absolute atomic E-state index is 13.2. The van der Waals surface area contributed by atoms with E-state index in [0.29, 0.717) is 40.8 Å².